The Kier molecular flexibility index (Phi) is 4.55. The number of benzene rings is 2. The number of hydrogen-bond acceptors (Lipinski definition) is 5. The molecule has 0 aliphatic carbocycles. The molecule has 2 N–H and O–H groups in total. The molecule has 0 spiro atoms. The van der Waals surface area contributed by atoms with E-state index >= 15 is 0 Å². The highest BCUT2D eigenvalue weighted by Crippen LogP contribution is 2.44. The van der Waals surface area contributed by atoms with Gasteiger partial charge < -0.3 is 24.1 Å². The molecule has 0 amide bonds. The topological polar surface area (TPSA) is 72.1 Å². The van der Waals surface area contributed by atoms with E-state index in [2.05, 4.69) is 6.08 Å². The molecule has 26 heavy (non-hydrogen) atoms. The van der Waals surface area contributed by atoms with E-state index in [-0.39, 0.29) is 17.2 Å². The normalized spacial score (nSPS) is 10.8. The smallest absolute Gasteiger partial charge is 0.200 e. The summed E-state index contributed by atoms with van der Waals surface area (Å²) in [7, 11) is 3.03. The second kappa shape index (κ2) is 6.67. The quantitative estimate of drug-likeness (QED) is 0.625. The van der Waals surface area contributed by atoms with Crippen LogP contribution < -0.4 is 9.47 Å². The first-order valence-corrected chi connectivity index (χ1v) is 8.22. The van der Waals surface area contributed by atoms with Crippen LogP contribution in [0.4, 0.5) is 0 Å². The molecule has 0 fully saturated rings. The van der Waals surface area contributed by atoms with Gasteiger partial charge in [0.15, 0.2) is 22.8 Å². The van der Waals surface area contributed by atoms with E-state index in [1.165, 1.54) is 18.7 Å². The maximum atomic E-state index is 9.98. The van der Waals surface area contributed by atoms with Crippen LogP contribution in [0.5, 0.6) is 23.0 Å². The molecule has 2 aromatic carbocycles. The zero-order valence-corrected chi connectivity index (χ0v) is 15.5. The standard InChI is InChI=1S/C21H22O5/c1-11(2)6-13-7-15-12(3)20(26-21(15)18(8-13)25-5)14-9-16(22)19(23)17(10-14)24-4/h6-10,22-23H,1-5H3. The van der Waals surface area contributed by atoms with Crippen LogP contribution in [0.1, 0.15) is 25.0 Å². The molecule has 5 nitrogen and oxygen atoms in total. The molecule has 1 heterocycles. The molecule has 0 saturated heterocycles. The zero-order valence-electron chi connectivity index (χ0n) is 15.5. The van der Waals surface area contributed by atoms with E-state index in [4.69, 9.17) is 13.9 Å². The number of ether oxygens (including phenoxy) is 2. The third kappa shape index (κ3) is 2.96. The van der Waals surface area contributed by atoms with Gasteiger partial charge in [-0.15, -0.1) is 0 Å². The zero-order chi connectivity index (χ0) is 19.0. The molecule has 0 aliphatic heterocycles. The van der Waals surface area contributed by atoms with E-state index in [0.29, 0.717) is 22.7 Å². The van der Waals surface area contributed by atoms with Gasteiger partial charge in [0.25, 0.3) is 0 Å². The first-order valence-electron chi connectivity index (χ1n) is 8.22. The number of aryl methyl sites for hydroxylation is 1. The number of hydrogen-bond donors (Lipinski definition) is 2. The van der Waals surface area contributed by atoms with Crippen molar-refractivity contribution in [3.63, 3.8) is 0 Å². The molecule has 3 rings (SSSR count). The van der Waals surface area contributed by atoms with Crippen molar-refractivity contribution in [3.8, 4) is 34.3 Å². The van der Waals surface area contributed by atoms with Crippen molar-refractivity contribution in [1.29, 1.82) is 0 Å². The number of rotatable bonds is 4. The number of allylic oxidation sites excluding steroid dienone is 1. The molecule has 3 aromatic rings. The summed E-state index contributed by atoms with van der Waals surface area (Å²) in [6, 6.07) is 7.05. The van der Waals surface area contributed by atoms with Crippen LogP contribution >= 0.6 is 0 Å². The summed E-state index contributed by atoms with van der Waals surface area (Å²) >= 11 is 0. The molecular weight excluding hydrogens is 332 g/mol. The lowest BCUT2D eigenvalue weighted by atomic mass is 10.0. The fourth-order valence-corrected chi connectivity index (χ4v) is 3.03. The van der Waals surface area contributed by atoms with Crippen LogP contribution in [0.2, 0.25) is 0 Å². The maximum Gasteiger partial charge on any atom is 0.200 e. The van der Waals surface area contributed by atoms with Crippen LogP contribution in [0.15, 0.2) is 34.3 Å². The Morgan fingerprint density at radius 1 is 1.00 bits per heavy atom. The predicted octanol–water partition coefficient (Wildman–Crippen LogP) is 5.26. The van der Waals surface area contributed by atoms with Gasteiger partial charge in [0.1, 0.15) is 5.76 Å². The van der Waals surface area contributed by atoms with Crippen molar-refractivity contribution < 1.29 is 24.1 Å². The van der Waals surface area contributed by atoms with Gasteiger partial charge in [-0.05, 0) is 50.6 Å². The van der Waals surface area contributed by atoms with E-state index in [0.717, 1.165) is 16.5 Å². The Labute approximate surface area is 152 Å². The van der Waals surface area contributed by atoms with Gasteiger partial charge in [-0.1, -0.05) is 11.6 Å². The van der Waals surface area contributed by atoms with E-state index < -0.39 is 0 Å². The van der Waals surface area contributed by atoms with E-state index in [1.807, 2.05) is 32.9 Å². The third-order valence-electron chi connectivity index (χ3n) is 4.24. The van der Waals surface area contributed by atoms with Gasteiger partial charge in [0, 0.05) is 16.5 Å². The average Bonchev–Trinajstić information content (AvgIpc) is 2.93. The lowest BCUT2D eigenvalue weighted by Crippen LogP contribution is -1.86. The minimum atomic E-state index is -0.298. The molecule has 0 atom stereocenters. The summed E-state index contributed by atoms with van der Waals surface area (Å²) in [6.07, 6.45) is 2.07. The Balaban J connectivity index is 2.27. The summed E-state index contributed by atoms with van der Waals surface area (Å²) in [5.41, 5.74) is 4.36. The highest BCUT2D eigenvalue weighted by molar-refractivity contribution is 5.93. The number of fused-ring (bicyclic) bond motifs is 1. The highest BCUT2D eigenvalue weighted by Gasteiger charge is 2.19. The summed E-state index contributed by atoms with van der Waals surface area (Å²) in [4.78, 5) is 0. The van der Waals surface area contributed by atoms with Gasteiger partial charge >= 0.3 is 0 Å². The summed E-state index contributed by atoms with van der Waals surface area (Å²) < 4.78 is 16.7. The van der Waals surface area contributed by atoms with Gasteiger partial charge in [-0.2, -0.15) is 0 Å². The molecule has 0 aliphatic rings. The Morgan fingerprint density at radius 2 is 1.69 bits per heavy atom. The van der Waals surface area contributed by atoms with Crippen molar-refractivity contribution >= 4 is 17.0 Å². The Hall–Kier alpha value is -3.08. The van der Waals surface area contributed by atoms with E-state index in [1.54, 1.807) is 13.2 Å². The maximum absolute atomic E-state index is 9.98. The van der Waals surface area contributed by atoms with Crippen molar-refractivity contribution in [2.75, 3.05) is 14.2 Å². The number of methoxy groups -OCH3 is 2. The van der Waals surface area contributed by atoms with Gasteiger partial charge in [-0.25, -0.2) is 0 Å². The number of furan rings is 1. The molecule has 0 bridgehead atoms. The lowest BCUT2D eigenvalue weighted by Gasteiger charge is -2.07. The number of aromatic hydroxyl groups is 2. The molecule has 0 saturated carbocycles. The van der Waals surface area contributed by atoms with Crippen LogP contribution in [-0.2, 0) is 0 Å². The molecule has 5 heteroatoms. The second-order valence-corrected chi connectivity index (χ2v) is 6.42. The van der Waals surface area contributed by atoms with Crippen molar-refractivity contribution in [2.45, 2.75) is 20.8 Å². The SMILES string of the molecule is COc1cc(-c2oc3c(OC)cc(C=C(C)C)cc3c2C)cc(O)c1O. The minimum Gasteiger partial charge on any atom is -0.504 e. The monoisotopic (exact) mass is 354 g/mol. The van der Waals surface area contributed by atoms with Gasteiger partial charge in [0.2, 0.25) is 5.75 Å². The fourth-order valence-electron chi connectivity index (χ4n) is 3.03. The third-order valence-corrected chi connectivity index (χ3v) is 4.24. The molecule has 1 aromatic heterocycles. The van der Waals surface area contributed by atoms with Crippen molar-refractivity contribution in [3.05, 3.63) is 41.0 Å². The van der Waals surface area contributed by atoms with Gasteiger partial charge in [0.05, 0.1) is 14.2 Å². The van der Waals surface area contributed by atoms with Crippen molar-refractivity contribution in [2.24, 2.45) is 0 Å². The summed E-state index contributed by atoms with van der Waals surface area (Å²) in [5.74, 6) is 0.836. The largest absolute Gasteiger partial charge is 0.504 e. The molecule has 136 valence electrons. The Bertz CT molecular complexity index is 1010. The minimum absolute atomic E-state index is 0.178. The molecular formula is C21H22O5. The lowest BCUT2D eigenvalue weighted by molar-refractivity contribution is 0.351. The second-order valence-electron chi connectivity index (χ2n) is 6.42. The van der Waals surface area contributed by atoms with Gasteiger partial charge in [-0.3, -0.25) is 0 Å². The van der Waals surface area contributed by atoms with Crippen LogP contribution in [0, 0.1) is 6.92 Å². The summed E-state index contributed by atoms with van der Waals surface area (Å²) in [5, 5.41) is 20.8. The number of phenolic OH excluding ortho intramolecular Hbond substituents is 2. The van der Waals surface area contributed by atoms with E-state index in [9.17, 15) is 10.2 Å². The molecule has 0 radical (unpaired) electrons. The summed E-state index contributed by atoms with van der Waals surface area (Å²) in [6.45, 7) is 6.02. The van der Waals surface area contributed by atoms with Crippen LogP contribution in [-0.4, -0.2) is 24.4 Å². The van der Waals surface area contributed by atoms with Crippen molar-refractivity contribution in [1.82, 2.24) is 0 Å². The number of phenols is 2. The average molecular weight is 354 g/mol. The Morgan fingerprint density at radius 3 is 2.31 bits per heavy atom. The van der Waals surface area contributed by atoms with Crippen LogP contribution in [0.3, 0.4) is 0 Å². The molecule has 0 unspecified atom stereocenters. The first kappa shape index (κ1) is 17.7. The predicted molar refractivity (Wildman–Crippen MR) is 102 cm³/mol. The van der Waals surface area contributed by atoms with Crippen LogP contribution in [0.25, 0.3) is 28.4 Å². The first-order chi connectivity index (χ1) is 12.3. The highest BCUT2D eigenvalue weighted by atomic mass is 16.5. The fraction of sp³-hybridized carbons (Fsp3) is 0.238.